The molecule has 1 aromatic heterocycles. The quantitative estimate of drug-likeness (QED) is 0.475. The van der Waals surface area contributed by atoms with Gasteiger partial charge in [0, 0.05) is 28.0 Å². The van der Waals surface area contributed by atoms with Crippen molar-refractivity contribution in [1.82, 2.24) is 0 Å². The van der Waals surface area contributed by atoms with Gasteiger partial charge in [-0.15, -0.1) is 11.3 Å². The van der Waals surface area contributed by atoms with Gasteiger partial charge in [-0.05, 0) is 28.6 Å². The molecule has 0 unspecified atom stereocenters. The van der Waals surface area contributed by atoms with E-state index in [1.165, 1.54) is 10.1 Å². The maximum absolute atomic E-state index is 10.7. The third-order valence-electron chi connectivity index (χ3n) is 6.07. The van der Waals surface area contributed by atoms with Gasteiger partial charge in [-0.3, -0.25) is 0 Å². The first-order valence-electron chi connectivity index (χ1n) is 10.2. The molecule has 2 aromatic carbocycles. The summed E-state index contributed by atoms with van der Waals surface area (Å²) in [5, 5.41) is 42.3. The topological polar surface area (TPSA) is 99.4 Å². The largest absolute Gasteiger partial charge is 0.491 e. The van der Waals surface area contributed by atoms with Crippen molar-refractivity contribution in [2.75, 3.05) is 13.2 Å². The van der Waals surface area contributed by atoms with Crippen LogP contribution in [0.5, 0.6) is 5.75 Å². The Labute approximate surface area is 188 Å². The van der Waals surface area contributed by atoms with Crippen LogP contribution in [0.3, 0.4) is 0 Å². The van der Waals surface area contributed by atoms with Crippen LogP contribution in [0.1, 0.15) is 27.7 Å². The van der Waals surface area contributed by atoms with E-state index in [-0.39, 0.29) is 0 Å². The summed E-state index contributed by atoms with van der Waals surface area (Å²) in [5.41, 5.74) is 2.33. The van der Waals surface area contributed by atoms with E-state index in [2.05, 4.69) is 18.2 Å². The molecule has 1 fully saturated rings. The van der Waals surface area contributed by atoms with Gasteiger partial charge in [-0.25, -0.2) is 0 Å². The third kappa shape index (κ3) is 3.64. The molecule has 5 atom stereocenters. The minimum atomic E-state index is -1.43. The molecule has 2 aliphatic rings. The van der Waals surface area contributed by atoms with Crippen molar-refractivity contribution in [2.24, 2.45) is 0 Å². The highest BCUT2D eigenvalue weighted by Crippen LogP contribution is 2.45. The number of thiophene rings is 1. The van der Waals surface area contributed by atoms with Crippen LogP contribution in [0.4, 0.5) is 0 Å². The zero-order valence-corrected chi connectivity index (χ0v) is 18.1. The Kier molecular flexibility index (Phi) is 5.68. The fraction of sp³-hybridized carbons (Fsp3) is 0.391. The monoisotopic (exact) mass is 462 g/mol. The molecule has 164 valence electrons. The first kappa shape index (κ1) is 21.2. The summed E-state index contributed by atoms with van der Waals surface area (Å²) in [6, 6.07) is 12.2. The molecular weight excluding hydrogens is 440 g/mol. The minimum absolute atomic E-state index is 0.464. The molecule has 3 heterocycles. The Bertz CT molecular complexity index is 1080. The van der Waals surface area contributed by atoms with Crippen molar-refractivity contribution in [3.05, 3.63) is 63.0 Å². The Morgan fingerprint density at radius 2 is 1.87 bits per heavy atom. The summed E-state index contributed by atoms with van der Waals surface area (Å²) < 4.78 is 12.8. The molecule has 4 N–H and O–H groups in total. The van der Waals surface area contributed by atoms with E-state index in [9.17, 15) is 20.4 Å². The van der Waals surface area contributed by atoms with Crippen LogP contribution >= 0.6 is 22.9 Å². The number of rotatable bonds is 4. The number of fused-ring (bicyclic) bond motifs is 2. The average molecular weight is 463 g/mol. The van der Waals surface area contributed by atoms with Crippen molar-refractivity contribution in [2.45, 2.75) is 43.4 Å². The van der Waals surface area contributed by atoms with E-state index in [0.29, 0.717) is 35.8 Å². The lowest BCUT2D eigenvalue weighted by Crippen LogP contribution is -2.55. The van der Waals surface area contributed by atoms with Gasteiger partial charge in [0.05, 0.1) is 18.2 Å². The van der Waals surface area contributed by atoms with Crippen LogP contribution in [0.15, 0.2) is 36.4 Å². The molecule has 0 amide bonds. The van der Waals surface area contributed by atoms with Gasteiger partial charge in [0.15, 0.2) is 0 Å². The highest BCUT2D eigenvalue weighted by atomic mass is 35.5. The van der Waals surface area contributed by atoms with Crippen LogP contribution in [0, 0.1) is 0 Å². The second-order valence-electron chi connectivity index (χ2n) is 8.02. The molecule has 0 radical (unpaired) electrons. The normalized spacial score (nSPS) is 28.0. The predicted octanol–water partition coefficient (Wildman–Crippen LogP) is 2.60. The highest BCUT2D eigenvalue weighted by molar-refractivity contribution is 7.19. The van der Waals surface area contributed by atoms with Crippen LogP contribution in [-0.2, 0) is 17.6 Å². The maximum atomic E-state index is 10.7. The lowest BCUT2D eigenvalue weighted by molar-refractivity contribution is -0.231. The van der Waals surface area contributed by atoms with E-state index in [0.717, 1.165) is 16.0 Å². The SMILES string of the molecule is OC[C@H]1O[C@@H](c2cc(Cc3cc4ccccc4s3)c(Cl)c3c2CCO3)[C@@H](O)[C@@H](O)[C@H]1O. The third-order valence-corrected chi connectivity index (χ3v) is 7.60. The summed E-state index contributed by atoms with van der Waals surface area (Å²) in [7, 11) is 0. The van der Waals surface area contributed by atoms with Gasteiger partial charge in [-0.1, -0.05) is 35.9 Å². The zero-order valence-electron chi connectivity index (χ0n) is 16.6. The van der Waals surface area contributed by atoms with E-state index < -0.39 is 37.1 Å². The van der Waals surface area contributed by atoms with E-state index >= 15 is 0 Å². The lowest BCUT2D eigenvalue weighted by Gasteiger charge is -2.40. The number of aliphatic hydroxyl groups excluding tert-OH is 4. The van der Waals surface area contributed by atoms with Gasteiger partial charge in [-0.2, -0.15) is 0 Å². The molecule has 0 spiro atoms. The zero-order chi connectivity index (χ0) is 21.7. The van der Waals surface area contributed by atoms with Crippen LogP contribution in [-0.4, -0.2) is 58.1 Å². The van der Waals surface area contributed by atoms with Crippen molar-refractivity contribution in [3.8, 4) is 5.75 Å². The van der Waals surface area contributed by atoms with Crippen molar-refractivity contribution in [1.29, 1.82) is 0 Å². The minimum Gasteiger partial charge on any atom is -0.491 e. The summed E-state index contributed by atoms with van der Waals surface area (Å²) >= 11 is 8.40. The number of benzene rings is 2. The summed E-state index contributed by atoms with van der Waals surface area (Å²) in [6.07, 6.45) is -4.88. The molecular formula is C23H23ClO6S. The number of ether oxygens (including phenoxy) is 2. The molecule has 1 saturated heterocycles. The number of halogens is 1. The van der Waals surface area contributed by atoms with Crippen LogP contribution in [0.25, 0.3) is 10.1 Å². The molecule has 0 aliphatic carbocycles. The molecule has 2 aliphatic heterocycles. The Morgan fingerprint density at radius 1 is 1.06 bits per heavy atom. The van der Waals surface area contributed by atoms with E-state index in [4.69, 9.17) is 21.1 Å². The Morgan fingerprint density at radius 3 is 2.65 bits per heavy atom. The second-order valence-corrected chi connectivity index (χ2v) is 9.57. The maximum Gasteiger partial charge on any atom is 0.141 e. The first-order chi connectivity index (χ1) is 15.0. The second kappa shape index (κ2) is 8.33. The van der Waals surface area contributed by atoms with Gasteiger partial charge in [0.2, 0.25) is 0 Å². The summed E-state index contributed by atoms with van der Waals surface area (Å²) in [5.74, 6) is 0.576. The molecule has 6 nitrogen and oxygen atoms in total. The van der Waals surface area contributed by atoms with Crippen molar-refractivity contribution >= 4 is 33.0 Å². The smallest absolute Gasteiger partial charge is 0.141 e. The van der Waals surface area contributed by atoms with E-state index in [1.807, 2.05) is 18.2 Å². The van der Waals surface area contributed by atoms with E-state index in [1.54, 1.807) is 11.3 Å². The van der Waals surface area contributed by atoms with Crippen LogP contribution < -0.4 is 4.74 Å². The lowest BCUT2D eigenvalue weighted by atomic mass is 9.87. The summed E-state index contributed by atoms with van der Waals surface area (Å²) in [4.78, 5) is 1.14. The van der Waals surface area contributed by atoms with Crippen molar-refractivity contribution < 1.29 is 29.9 Å². The van der Waals surface area contributed by atoms with Gasteiger partial charge in [0.25, 0.3) is 0 Å². The molecule has 3 aromatic rings. The molecule has 8 heteroatoms. The molecule has 31 heavy (non-hydrogen) atoms. The van der Waals surface area contributed by atoms with Gasteiger partial charge in [0.1, 0.15) is 36.3 Å². The van der Waals surface area contributed by atoms with Gasteiger partial charge >= 0.3 is 0 Å². The molecule has 0 saturated carbocycles. The molecule has 5 rings (SSSR count). The predicted molar refractivity (Wildman–Crippen MR) is 118 cm³/mol. The van der Waals surface area contributed by atoms with Gasteiger partial charge < -0.3 is 29.9 Å². The number of aliphatic hydroxyl groups is 4. The summed E-state index contributed by atoms with van der Waals surface area (Å²) in [6.45, 7) is -0.00577. The first-order valence-corrected chi connectivity index (χ1v) is 11.4. The standard InChI is InChI=1S/C23H23ClO6S/c24-18-12(8-13-7-11-3-1-2-4-17(11)31-13)9-15(14-5-6-29-22(14)18)23-21(28)20(27)19(26)16(10-25)30-23/h1-4,7,9,16,19-21,23,25-28H,5-6,8,10H2/t16-,19+,20+,21+,23+/m1/s1. The van der Waals surface area contributed by atoms with Crippen LogP contribution in [0.2, 0.25) is 5.02 Å². The Balaban J connectivity index is 1.56. The highest BCUT2D eigenvalue weighted by Gasteiger charge is 2.45. The molecule has 0 bridgehead atoms. The van der Waals surface area contributed by atoms with Crippen molar-refractivity contribution in [3.63, 3.8) is 0 Å². The Hall–Kier alpha value is -1.71. The average Bonchev–Trinajstić information content (AvgIpc) is 3.42. The number of hydrogen-bond donors (Lipinski definition) is 4. The fourth-order valence-electron chi connectivity index (χ4n) is 4.46. The number of hydrogen-bond acceptors (Lipinski definition) is 7. The fourth-order valence-corrected chi connectivity index (χ4v) is 5.84.